The van der Waals surface area contributed by atoms with Crippen molar-refractivity contribution in [1.82, 2.24) is 0 Å². The molecule has 2 N–H and O–H groups in total. The van der Waals surface area contributed by atoms with Crippen LogP contribution in [0.25, 0.3) is 0 Å². The van der Waals surface area contributed by atoms with E-state index in [1.807, 2.05) is 221 Å². The largest absolute Gasteiger partial charge is 0.511 e. The first-order chi connectivity index (χ1) is 51.7. The zero-order valence-corrected chi connectivity index (χ0v) is 71.1. The maximum Gasteiger partial charge on any atom is 0.184 e. The van der Waals surface area contributed by atoms with Gasteiger partial charge in [0.05, 0.1) is 22.2 Å². The monoisotopic (exact) mass is 1510 g/mol. The van der Waals surface area contributed by atoms with E-state index in [1.165, 1.54) is 0 Å². The van der Waals surface area contributed by atoms with Crippen LogP contribution in [0, 0.1) is 72.4 Å². The highest BCUT2D eigenvalue weighted by Crippen LogP contribution is 2.69. The van der Waals surface area contributed by atoms with Gasteiger partial charge in [-0.25, -0.2) is 0 Å². The number of aliphatic hydroxyl groups excluding tert-OH is 2. The second kappa shape index (κ2) is 34.6. The molecule has 0 aromatic heterocycles. The summed E-state index contributed by atoms with van der Waals surface area (Å²) in [4.78, 5) is 146. The Labute approximate surface area is 663 Å². The number of aliphatic hydroxyl groups is 2. The summed E-state index contributed by atoms with van der Waals surface area (Å²) in [5.41, 5.74) is -1.87. The fourth-order valence-corrected chi connectivity index (χ4v) is 18.7. The van der Waals surface area contributed by atoms with E-state index in [0.29, 0.717) is 55.2 Å². The van der Waals surface area contributed by atoms with Crippen molar-refractivity contribution >= 4 is 57.8 Å². The Morgan fingerprint density at radius 1 is 0.324 bits per heavy atom. The van der Waals surface area contributed by atoms with E-state index < -0.39 is 107 Å². The molecule has 6 aliphatic carbocycles. The predicted molar refractivity (Wildman–Crippen MR) is 447 cm³/mol. The third kappa shape index (κ3) is 16.0. The smallest absolute Gasteiger partial charge is 0.184 e. The Balaban J connectivity index is 0.000000231. The first kappa shape index (κ1) is 89.3. The molecule has 0 amide bonds. The molecular formula is C99H126O12. The van der Waals surface area contributed by atoms with E-state index in [9.17, 15) is 58.2 Å². The molecule has 111 heavy (non-hydrogen) atoms. The maximum atomic E-state index is 14.8. The molecule has 6 bridgehead atoms. The molecule has 12 heteroatoms. The van der Waals surface area contributed by atoms with Crippen LogP contribution < -0.4 is 0 Å². The van der Waals surface area contributed by atoms with Crippen LogP contribution in [0.3, 0.4) is 0 Å². The molecule has 0 heterocycles. The first-order valence-electron chi connectivity index (χ1n) is 39.9. The number of ketones is 10. The highest BCUT2D eigenvalue weighted by Gasteiger charge is 2.79. The SMILES string of the molecule is CC(C)=CCC1=C(O)[C@@]2(CC=C(C)C)C[C@H](CC=C(C)C)C(C)(C)[C@@](C(=O)c3ccccc3)(C1=O)C2=O.CC(C)=CCC1=C(O)[C@@]2(CC=C(C)C)C[C@H](CC=C(C)C)C(C)(C)[C@@](C(=O)c3ccccc3)(C1=O)C2=O.CC(C)=CCC1C(=O)[C@@]2(CC=C(C)C)C[C@H](CC=C(C)C)C(C)(C)[C@@](C(=O)c3ccccc3)(C1=O)C2=O. The van der Waals surface area contributed by atoms with Gasteiger partial charge in [-0.05, 0) is 236 Å². The van der Waals surface area contributed by atoms with Crippen molar-refractivity contribution in [3.8, 4) is 0 Å². The summed E-state index contributed by atoms with van der Waals surface area (Å²) in [7, 11) is 0. The molecular weight excluding hydrogens is 1380 g/mol. The van der Waals surface area contributed by atoms with E-state index in [4.69, 9.17) is 0 Å². The van der Waals surface area contributed by atoms with Crippen LogP contribution in [0.1, 0.15) is 274 Å². The summed E-state index contributed by atoms with van der Waals surface area (Å²) < 4.78 is 0. The van der Waals surface area contributed by atoms with Crippen LogP contribution >= 0.6 is 0 Å². The lowest BCUT2D eigenvalue weighted by atomic mass is 9.37. The second-order valence-corrected chi connectivity index (χ2v) is 36.5. The number of allylic oxidation sites excluding steroid dienone is 22. The van der Waals surface area contributed by atoms with E-state index >= 15 is 0 Å². The van der Waals surface area contributed by atoms with E-state index in [2.05, 4.69) is 18.2 Å². The highest BCUT2D eigenvalue weighted by atomic mass is 16.3. The summed E-state index contributed by atoms with van der Waals surface area (Å²) in [6, 6.07) is 26.0. The number of carbonyl (C=O) groups excluding carboxylic acids is 10. The number of Topliss-reactive ketones (excluding diaryl/α,β-unsaturated/α-hetero) is 10. The van der Waals surface area contributed by atoms with Gasteiger partial charge < -0.3 is 10.2 Å². The molecule has 12 nitrogen and oxygen atoms in total. The average Bonchev–Trinajstić information content (AvgIpc) is 0.683. The lowest BCUT2D eigenvalue weighted by molar-refractivity contribution is -0.179. The first-order valence-corrected chi connectivity index (χ1v) is 39.9. The molecule has 0 radical (unpaired) electrons. The molecule has 3 aromatic rings. The van der Waals surface area contributed by atoms with Crippen molar-refractivity contribution in [2.45, 2.75) is 243 Å². The summed E-state index contributed by atoms with van der Waals surface area (Å²) in [5.74, 6) is -6.55. The Bertz CT molecular complexity index is 4330. The average molecular weight is 1510 g/mol. The van der Waals surface area contributed by atoms with Gasteiger partial charge in [-0.3, -0.25) is 47.9 Å². The molecule has 1 unspecified atom stereocenters. The Morgan fingerprint density at radius 2 is 0.568 bits per heavy atom. The van der Waals surface area contributed by atoms with Crippen LogP contribution in [0.5, 0.6) is 0 Å². The van der Waals surface area contributed by atoms with Crippen molar-refractivity contribution in [2.24, 2.45) is 72.4 Å². The molecule has 0 aliphatic heterocycles. The second-order valence-electron chi connectivity index (χ2n) is 36.5. The van der Waals surface area contributed by atoms with Gasteiger partial charge in [0, 0.05) is 27.8 Å². The van der Waals surface area contributed by atoms with Crippen LogP contribution in [0.2, 0.25) is 0 Å². The Hall–Kier alpha value is -8.90. The van der Waals surface area contributed by atoms with Crippen LogP contribution in [-0.2, 0) is 33.6 Å². The molecule has 6 aliphatic rings. The fourth-order valence-electron chi connectivity index (χ4n) is 18.7. The van der Waals surface area contributed by atoms with Gasteiger partial charge >= 0.3 is 0 Å². The fraction of sp³-hybridized carbons (Fsp3) is 0.495. The summed E-state index contributed by atoms with van der Waals surface area (Å²) >= 11 is 0. The number of carbonyl (C=O) groups is 10. The van der Waals surface area contributed by atoms with E-state index in [1.54, 1.807) is 72.8 Å². The molecule has 0 spiro atoms. The molecule has 9 rings (SSSR count). The van der Waals surface area contributed by atoms with Crippen molar-refractivity contribution < 1.29 is 58.2 Å². The number of rotatable bonds is 24. The van der Waals surface area contributed by atoms with E-state index in [-0.39, 0.29) is 84.7 Å². The lowest BCUT2D eigenvalue weighted by Crippen LogP contribution is -2.73. The quantitative estimate of drug-likeness (QED) is 0.0487. The van der Waals surface area contributed by atoms with E-state index in [0.717, 1.165) is 50.2 Å². The summed E-state index contributed by atoms with van der Waals surface area (Å²) in [6.07, 6.45) is 22.1. The zero-order valence-electron chi connectivity index (χ0n) is 71.1. The minimum atomic E-state index is -1.92. The minimum absolute atomic E-state index is 0.147. The summed E-state index contributed by atoms with van der Waals surface area (Å²) in [5, 5.41) is 23.6. The Kier molecular flexibility index (Phi) is 27.8. The number of fused-ring (bicyclic) bond motifs is 6. The van der Waals surface area contributed by atoms with Crippen LogP contribution in [0.4, 0.5) is 0 Å². The highest BCUT2D eigenvalue weighted by molar-refractivity contribution is 6.41. The predicted octanol–water partition coefficient (Wildman–Crippen LogP) is 23.1. The normalized spacial score (nSPS) is 27.1. The molecule has 594 valence electrons. The lowest BCUT2D eigenvalue weighted by Gasteiger charge is -2.60. The Morgan fingerprint density at radius 3 is 0.856 bits per heavy atom. The topological polar surface area (TPSA) is 211 Å². The van der Waals surface area contributed by atoms with Gasteiger partial charge in [-0.2, -0.15) is 0 Å². The van der Waals surface area contributed by atoms with Gasteiger partial charge in [0.25, 0.3) is 0 Å². The minimum Gasteiger partial charge on any atom is -0.511 e. The molecule has 0 saturated heterocycles. The van der Waals surface area contributed by atoms with Gasteiger partial charge in [0.2, 0.25) is 0 Å². The summed E-state index contributed by atoms with van der Waals surface area (Å²) in [6.45, 7) is 46.8. The molecule has 3 aromatic carbocycles. The molecule has 4 fully saturated rings. The maximum absolute atomic E-state index is 14.8. The molecule has 4 saturated carbocycles. The number of hydrogen-bond acceptors (Lipinski definition) is 12. The third-order valence-corrected chi connectivity index (χ3v) is 25.6. The third-order valence-electron chi connectivity index (χ3n) is 25.6. The zero-order chi connectivity index (χ0) is 83.3. The van der Waals surface area contributed by atoms with Gasteiger partial charge in [-0.1, -0.05) is 237 Å². The van der Waals surface area contributed by atoms with Crippen molar-refractivity contribution in [3.05, 3.63) is 235 Å². The van der Waals surface area contributed by atoms with Crippen LogP contribution in [-0.4, -0.2) is 68.0 Å². The standard InChI is InChI=1S/3C33H42O4/c3*1-21(2)14-16-25-20-32(19-18-23(5)6)28(35)26(17-15-22(3)4)29(36)33(30(32)37,31(25,7)8)27(34)24-12-10-9-11-13-24/h2*9-15,18,25,35H,16-17,19-20H2,1-8H3;9-15,18,25-26H,16-17,19-20H2,1-8H3/t2*25-,32+,33-;25-,26?,32+,33-/m000/s1. The van der Waals surface area contributed by atoms with Crippen molar-refractivity contribution in [1.29, 1.82) is 0 Å². The van der Waals surface area contributed by atoms with Crippen molar-refractivity contribution in [3.63, 3.8) is 0 Å². The van der Waals surface area contributed by atoms with Gasteiger partial charge in [-0.15, -0.1) is 0 Å². The number of hydrogen-bond donors (Lipinski definition) is 2. The van der Waals surface area contributed by atoms with Crippen molar-refractivity contribution in [2.75, 3.05) is 0 Å². The number of benzene rings is 3. The van der Waals surface area contributed by atoms with Gasteiger partial charge in [0.15, 0.2) is 74.1 Å². The molecule has 10 atom stereocenters. The van der Waals surface area contributed by atoms with Gasteiger partial charge in [0.1, 0.15) is 11.5 Å². The van der Waals surface area contributed by atoms with Crippen LogP contribution in [0.15, 0.2) is 219 Å².